The number of carboxylic acid groups (broad SMARTS) is 1. The Balaban J connectivity index is 2.06. The van der Waals surface area contributed by atoms with Gasteiger partial charge in [0.15, 0.2) is 0 Å². The van der Waals surface area contributed by atoms with Gasteiger partial charge in [-0.1, -0.05) is 95.0 Å². The highest BCUT2D eigenvalue weighted by molar-refractivity contribution is 6.39. The average Bonchev–Trinajstić information content (AvgIpc) is 2.82. The molecule has 0 heterocycles. The number of anilines is 2. The number of nitrogens with zero attached hydrogens (tertiary/aromatic N) is 1. The predicted molar refractivity (Wildman–Crippen MR) is 134 cm³/mol. The van der Waals surface area contributed by atoms with E-state index in [9.17, 15) is 14.7 Å². The number of hydrogen-bond donors (Lipinski definition) is 1. The molecule has 1 N–H and O–H groups in total. The van der Waals surface area contributed by atoms with Crippen LogP contribution in [0.4, 0.5) is 11.4 Å². The van der Waals surface area contributed by atoms with Gasteiger partial charge in [-0.05, 0) is 43.5 Å². The van der Waals surface area contributed by atoms with E-state index in [2.05, 4.69) is 6.92 Å². The fourth-order valence-corrected chi connectivity index (χ4v) is 4.11. The monoisotopic (exact) mass is 453 g/mol. The van der Waals surface area contributed by atoms with Crippen molar-refractivity contribution in [2.45, 2.75) is 84.5 Å². The molecule has 2 aromatic rings. The van der Waals surface area contributed by atoms with Gasteiger partial charge in [-0.25, -0.2) is 4.79 Å². The van der Waals surface area contributed by atoms with E-state index in [1.54, 1.807) is 18.2 Å². The molecular formula is C28H39NO4. The molecule has 180 valence electrons. The molecule has 1 amide bonds. The number of carbonyl (C=O) groups is 2. The molecule has 0 aliphatic heterocycles. The minimum atomic E-state index is -1.49. The molecule has 0 spiro atoms. The van der Waals surface area contributed by atoms with Gasteiger partial charge in [-0.15, -0.1) is 0 Å². The lowest BCUT2D eigenvalue weighted by Gasteiger charge is -2.25. The molecule has 2 aromatic carbocycles. The van der Waals surface area contributed by atoms with Gasteiger partial charge in [0.25, 0.3) is 0 Å². The summed E-state index contributed by atoms with van der Waals surface area (Å²) in [6, 6.07) is 14.6. The highest BCUT2D eigenvalue weighted by atomic mass is 16.5. The van der Waals surface area contributed by atoms with Crippen LogP contribution in [0.2, 0.25) is 0 Å². The van der Waals surface area contributed by atoms with Gasteiger partial charge in [0.1, 0.15) is 5.75 Å². The molecule has 0 aliphatic carbocycles. The number of benzene rings is 2. The van der Waals surface area contributed by atoms with E-state index >= 15 is 0 Å². The van der Waals surface area contributed by atoms with Gasteiger partial charge in [-0.3, -0.25) is 9.69 Å². The molecule has 0 radical (unpaired) electrons. The zero-order chi connectivity index (χ0) is 23.9. The molecule has 0 aromatic heterocycles. The first-order valence-electron chi connectivity index (χ1n) is 12.5. The number of aliphatic carboxylic acids is 1. The second-order valence-corrected chi connectivity index (χ2v) is 8.41. The van der Waals surface area contributed by atoms with Crippen LogP contribution in [0.25, 0.3) is 0 Å². The number of carboxylic acids is 1. The summed E-state index contributed by atoms with van der Waals surface area (Å²) in [7, 11) is 0. The fourth-order valence-electron chi connectivity index (χ4n) is 4.11. The Hall–Kier alpha value is -2.82. The predicted octanol–water partition coefficient (Wildman–Crippen LogP) is 7.30. The molecule has 0 aliphatic rings. The molecule has 5 nitrogen and oxygen atoms in total. The average molecular weight is 454 g/mol. The van der Waals surface area contributed by atoms with Gasteiger partial charge in [0, 0.05) is 0 Å². The number of amides is 1. The molecule has 33 heavy (non-hydrogen) atoms. The number of para-hydroxylation sites is 3. The van der Waals surface area contributed by atoms with Crippen molar-refractivity contribution in [3.63, 3.8) is 0 Å². The lowest BCUT2D eigenvalue weighted by molar-refractivity contribution is -0.148. The smallest absolute Gasteiger partial charge is 0.395 e. The van der Waals surface area contributed by atoms with Crippen LogP contribution in [-0.4, -0.2) is 23.6 Å². The van der Waals surface area contributed by atoms with Crippen molar-refractivity contribution in [2.75, 3.05) is 11.5 Å². The van der Waals surface area contributed by atoms with Crippen LogP contribution in [0.5, 0.6) is 5.75 Å². The van der Waals surface area contributed by atoms with Crippen molar-refractivity contribution in [2.24, 2.45) is 0 Å². The summed E-state index contributed by atoms with van der Waals surface area (Å²) in [4.78, 5) is 25.7. The Bertz CT molecular complexity index is 864. The number of aryl methyl sites for hydroxylation is 1. The van der Waals surface area contributed by atoms with Crippen LogP contribution in [-0.2, 0) is 16.0 Å². The summed E-state index contributed by atoms with van der Waals surface area (Å²) in [5.74, 6) is -1.99. The first-order valence-corrected chi connectivity index (χ1v) is 12.5. The number of unbranched alkanes of at least 4 members (excludes halogenated alkanes) is 9. The maximum absolute atomic E-state index is 12.8. The van der Waals surface area contributed by atoms with Crippen LogP contribution >= 0.6 is 0 Å². The van der Waals surface area contributed by atoms with E-state index in [0.717, 1.165) is 24.8 Å². The topological polar surface area (TPSA) is 66.8 Å². The summed E-state index contributed by atoms with van der Waals surface area (Å²) in [5, 5.41) is 9.52. The summed E-state index contributed by atoms with van der Waals surface area (Å²) in [6.45, 7) is 4.53. The van der Waals surface area contributed by atoms with Crippen molar-refractivity contribution in [1.29, 1.82) is 0 Å². The largest absolute Gasteiger partial charge is 0.492 e. The first kappa shape index (κ1) is 26.4. The SMILES string of the molecule is CCCCCCCCCCCCc1ccccc1N(C(=O)C(=O)O)c1ccccc1OCC. The Kier molecular flexibility index (Phi) is 12.1. The molecule has 0 saturated heterocycles. The third-order valence-corrected chi connectivity index (χ3v) is 5.82. The quantitative estimate of drug-likeness (QED) is 0.227. The van der Waals surface area contributed by atoms with Crippen molar-refractivity contribution in [1.82, 2.24) is 0 Å². The zero-order valence-electron chi connectivity index (χ0n) is 20.2. The van der Waals surface area contributed by atoms with Gasteiger partial charge < -0.3 is 9.84 Å². The molecule has 2 rings (SSSR count). The van der Waals surface area contributed by atoms with Crippen molar-refractivity contribution < 1.29 is 19.4 Å². The normalized spacial score (nSPS) is 10.7. The molecule has 5 heteroatoms. The second-order valence-electron chi connectivity index (χ2n) is 8.41. The van der Waals surface area contributed by atoms with Crippen LogP contribution in [0.3, 0.4) is 0 Å². The van der Waals surface area contributed by atoms with Crippen molar-refractivity contribution in [3.8, 4) is 5.75 Å². The van der Waals surface area contributed by atoms with Crippen LogP contribution in [0, 0.1) is 0 Å². The van der Waals surface area contributed by atoms with E-state index in [1.165, 1.54) is 56.3 Å². The van der Waals surface area contributed by atoms with Gasteiger partial charge in [0.2, 0.25) is 0 Å². The standard InChI is InChI=1S/C28H39NO4/c1-3-5-6-7-8-9-10-11-12-13-18-23-19-14-15-20-24(23)29(27(30)28(31)32)25-21-16-17-22-26(25)33-4-2/h14-17,19-22H,3-13,18H2,1-2H3,(H,31,32). The van der Waals surface area contributed by atoms with Crippen molar-refractivity contribution in [3.05, 3.63) is 54.1 Å². The summed E-state index contributed by atoms with van der Waals surface area (Å²) in [6.07, 6.45) is 13.4. The molecule has 0 bridgehead atoms. The van der Waals surface area contributed by atoms with E-state index in [4.69, 9.17) is 4.74 Å². The van der Waals surface area contributed by atoms with Crippen LogP contribution < -0.4 is 9.64 Å². The Morgan fingerprint density at radius 1 is 0.758 bits per heavy atom. The number of rotatable bonds is 15. The minimum Gasteiger partial charge on any atom is -0.492 e. The van der Waals surface area contributed by atoms with Crippen molar-refractivity contribution >= 4 is 23.3 Å². The lowest BCUT2D eigenvalue weighted by atomic mass is 10.0. The molecule has 0 unspecified atom stereocenters. The summed E-state index contributed by atoms with van der Waals surface area (Å²) < 4.78 is 5.69. The number of carbonyl (C=O) groups excluding carboxylic acids is 1. The molecular weight excluding hydrogens is 414 g/mol. The zero-order valence-corrected chi connectivity index (χ0v) is 20.2. The highest BCUT2D eigenvalue weighted by Crippen LogP contribution is 2.36. The fraction of sp³-hybridized carbons (Fsp3) is 0.500. The van der Waals surface area contributed by atoms with E-state index < -0.39 is 11.9 Å². The lowest BCUT2D eigenvalue weighted by Crippen LogP contribution is -2.33. The van der Waals surface area contributed by atoms with Gasteiger partial charge >= 0.3 is 11.9 Å². The maximum Gasteiger partial charge on any atom is 0.395 e. The summed E-state index contributed by atoms with van der Waals surface area (Å²) in [5.41, 5.74) is 2.02. The van der Waals surface area contributed by atoms with E-state index in [0.29, 0.717) is 23.7 Å². The number of ether oxygens (including phenoxy) is 1. The van der Waals surface area contributed by atoms with Crippen LogP contribution in [0.1, 0.15) is 83.6 Å². The maximum atomic E-state index is 12.8. The van der Waals surface area contributed by atoms with Gasteiger partial charge in [-0.2, -0.15) is 0 Å². The number of hydrogen-bond acceptors (Lipinski definition) is 3. The first-order chi connectivity index (χ1) is 16.1. The third-order valence-electron chi connectivity index (χ3n) is 5.82. The van der Waals surface area contributed by atoms with Crippen LogP contribution in [0.15, 0.2) is 48.5 Å². The molecule has 0 saturated carbocycles. The minimum absolute atomic E-state index is 0.423. The Morgan fingerprint density at radius 2 is 1.30 bits per heavy atom. The molecule has 0 fully saturated rings. The van der Waals surface area contributed by atoms with E-state index in [1.807, 2.05) is 37.3 Å². The molecule has 0 atom stereocenters. The summed E-state index contributed by atoms with van der Waals surface area (Å²) >= 11 is 0. The Morgan fingerprint density at radius 3 is 1.91 bits per heavy atom. The van der Waals surface area contributed by atoms with Gasteiger partial charge in [0.05, 0.1) is 18.0 Å². The third kappa shape index (κ3) is 8.56. The Labute approximate surface area is 198 Å². The van der Waals surface area contributed by atoms with E-state index in [-0.39, 0.29) is 0 Å². The second kappa shape index (κ2) is 15.1. The highest BCUT2D eigenvalue weighted by Gasteiger charge is 2.28.